The Labute approximate surface area is 126 Å². The molecule has 0 bridgehead atoms. The summed E-state index contributed by atoms with van der Waals surface area (Å²) in [6.07, 6.45) is 9.05. The number of nitrogens with zero attached hydrogens (tertiary/aromatic N) is 1. The van der Waals surface area contributed by atoms with Crippen LogP contribution in [-0.4, -0.2) is 28.3 Å². The molecule has 116 valence electrons. The molecule has 1 aliphatic rings. The van der Waals surface area contributed by atoms with Crippen LogP contribution < -0.4 is 10.6 Å². The molecule has 0 aliphatic heterocycles. The number of hydrogen-bond donors (Lipinski definition) is 3. The first-order valence-electron chi connectivity index (χ1n) is 7.80. The van der Waals surface area contributed by atoms with E-state index in [0.717, 1.165) is 37.7 Å². The Hall–Kier alpha value is -1.62. The molecule has 0 saturated heterocycles. The van der Waals surface area contributed by atoms with E-state index in [1.165, 1.54) is 6.42 Å². The molecule has 1 unspecified atom stereocenters. The average Bonchev–Trinajstić information content (AvgIpc) is 2.52. The summed E-state index contributed by atoms with van der Waals surface area (Å²) in [6, 6.07) is 3.55. The summed E-state index contributed by atoms with van der Waals surface area (Å²) < 4.78 is 0. The number of amides is 2. The van der Waals surface area contributed by atoms with Gasteiger partial charge in [0.05, 0.1) is 11.6 Å². The van der Waals surface area contributed by atoms with Crippen LogP contribution in [0.25, 0.3) is 0 Å². The third-order valence-corrected chi connectivity index (χ3v) is 4.18. The van der Waals surface area contributed by atoms with Crippen LogP contribution in [0.5, 0.6) is 0 Å². The van der Waals surface area contributed by atoms with E-state index in [-0.39, 0.29) is 12.1 Å². The highest BCUT2D eigenvalue weighted by Gasteiger charge is 2.29. The molecule has 0 radical (unpaired) electrons. The van der Waals surface area contributed by atoms with Crippen molar-refractivity contribution in [3.8, 4) is 0 Å². The lowest BCUT2D eigenvalue weighted by Gasteiger charge is -2.32. The summed E-state index contributed by atoms with van der Waals surface area (Å²) in [5.41, 5.74) is 0.313. The van der Waals surface area contributed by atoms with Crippen molar-refractivity contribution >= 4 is 6.03 Å². The minimum atomic E-state index is -0.728. The SMILES string of the molecule is CCC(NC(=O)NCC1(O)CCCCC1)c1ccncc1. The molecule has 5 heteroatoms. The predicted molar refractivity (Wildman–Crippen MR) is 81.8 cm³/mol. The summed E-state index contributed by atoms with van der Waals surface area (Å²) in [6.45, 7) is 2.35. The third kappa shape index (κ3) is 4.70. The van der Waals surface area contributed by atoms with Crippen molar-refractivity contribution in [2.45, 2.75) is 57.1 Å². The minimum Gasteiger partial charge on any atom is -0.388 e. The molecule has 3 N–H and O–H groups in total. The van der Waals surface area contributed by atoms with Gasteiger partial charge in [-0.15, -0.1) is 0 Å². The fraction of sp³-hybridized carbons (Fsp3) is 0.625. The Morgan fingerprint density at radius 3 is 2.62 bits per heavy atom. The highest BCUT2D eigenvalue weighted by Crippen LogP contribution is 2.27. The van der Waals surface area contributed by atoms with Crippen molar-refractivity contribution in [3.05, 3.63) is 30.1 Å². The second-order valence-corrected chi connectivity index (χ2v) is 5.85. The standard InChI is InChI=1S/C16H25N3O2/c1-2-14(13-6-10-17-11-7-13)19-15(20)18-12-16(21)8-4-3-5-9-16/h6-7,10-11,14,21H,2-5,8-9,12H2,1H3,(H2,18,19,20). The number of rotatable bonds is 5. The molecule has 1 fully saturated rings. The van der Waals surface area contributed by atoms with E-state index in [4.69, 9.17) is 0 Å². The molecule has 1 aliphatic carbocycles. The molecule has 1 heterocycles. The van der Waals surface area contributed by atoms with Crippen molar-refractivity contribution in [1.29, 1.82) is 0 Å². The molecular weight excluding hydrogens is 266 g/mol. The van der Waals surface area contributed by atoms with Crippen LogP contribution in [0.4, 0.5) is 4.79 Å². The Balaban J connectivity index is 1.83. The van der Waals surface area contributed by atoms with Crippen LogP contribution in [-0.2, 0) is 0 Å². The number of nitrogens with one attached hydrogen (secondary N) is 2. The van der Waals surface area contributed by atoms with Crippen LogP contribution in [0.2, 0.25) is 0 Å². The Morgan fingerprint density at radius 1 is 1.33 bits per heavy atom. The van der Waals surface area contributed by atoms with E-state index in [9.17, 15) is 9.90 Å². The second kappa shape index (κ2) is 7.41. The lowest BCUT2D eigenvalue weighted by atomic mass is 9.85. The molecule has 2 amide bonds. The number of carbonyl (C=O) groups is 1. The van der Waals surface area contributed by atoms with Gasteiger partial charge in [0.2, 0.25) is 0 Å². The van der Waals surface area contributed by atoms with Gasteiger partial charge in [0.25, 0.3) is 0 Å². The number of aliphatic hydroxyl groups is 1. The maximum Gasteiger partial charge on any atom is 0.315 e. The molecule has 2 rings (SSSR count). The lowest BCUT2D eigenvalue weighted by Crippen LogP contribution is -2.47. The minimum absolute atomic E-state index is 0.0333. The van der Waals surface area contributed by atoms with Crippen molar-refractivity contribution in [1.82, 2.24) is 15.6 Å². The predicted octanol–water partition coefficient (Wildman–Crippen LogP) is 2.53. The van der Waals surface area contributed by atoms with Gasteiger partial charge in [-0.05, 0) is 37.0 Å². The molecule has 5 nitrogen and oxygen atoms in total. The smallest absolute Gasteiger partial charge is 0.315 e. The fourth-order valence-corrected chi connectivity index (χ4v) is 2.86. The van der Waals surface area contributed by atoms with Crippen molar-refractivity contribution in [2.75, 3.05) is 6.54 Å². The summed E-state index contributed by atoms with van der Waals surface area (Å²) in [5.74, 6) is 0. The summed E-state index contributed by atoms with van der Waals surface area (Å²) >= 11 is 0. The van der Waals surface area contributed by atoms with Gasteiger partial charge in [0.15, 0.2) is 0 Å². The highest BCUT2D eigenvalue weighted by atomic mass is 16.3. The number of carbonyl (C=O) groups excluding carboxylic acids is 1. The van der Waals surface area contributed by atoms with Gasteiger partial charge < -0.3 is 15.7 Å². The van der Waals surface area contributed by atoms with E-state index in [2.05, 4.69) is 15.6 Å². The average molecular weight is 291 g/mol. The van der Waals surface area contributed by atoms with Crippen LogP contribution >= 0.6 is 0 Å². The monoisotopic (exact) mass is 291 g/mol. The normalized spacial score (nSPS) is 18.8. The van der Waals surface area contributed by atoms with Gasteiger partial charge >= 0.3 is 6.03 Å². The maximum absolute atomic E-state index is 12.0. The maximum atomic E-state index is 12.0. The molecule has 21 heavy (non-hydrogen) atoms. The first kappa shape index (κ1) is 15.8. The van der Waals surface area contributed by atoms with Gasteiger partial charge in [0, 0.05) is 18.9 Å². The first-order chi connectivity index (χ1) is 10.1. The molecule has 1 aromatic heterocycles. The Kier molecular flexibility index (Phi) is 5.56. The van der Waals surface area contributed by atoms with E-state index >= 15 is 0 Å². The van der Waals surface area contributed by atoms with Gasteiger partial charge in [-0.1, -0.05) is 26.2 Å². The molecule has 1 aromatic rings. The highest BCUT2D eigenvalue weighted by molar-refractivity contribution is 5.74. The fourth-order valence-electron chi connectivity index (χ4n) is 2.86. The third-order valence-electron chi connectivity index (χ3n) is 4.18. The van der Waals surface area contributed by atoms with E-state index in [1.54, 1.807) is 12.4 Å². The zero-order chi connectivity index (χ0) is 15.1. The topological polar surface area (TPSA) is 74.2 Å². The van der Waals surface area contributed by atoms with E-state index in [0.29, 0.717) is 6.54 Å². The van der Waals surface area contributed by atoms with E-state index < -0.39 is 5.60 Å². The number of hydrogen-bond acceptors (Lipinski definition) is 3. The second-order valence-electron chi connectivity index (χ2n) is 5.85. The zero-order valence-corrected chi connectivity index (χ0v) is 12.6. The van der Waals surface area contributed by atoms with Gasteiger partial charge in [-0.3, -0.25) is 4.98 Å². The molecule has 0 spiro atoms. The number of urea groups is 1. The van der Waals surface area contributed by atoms with E-state index in [1.807, 2.05) is 19.1 Å². The molecular formula is C16H25N3O2. The Bertz CT molecular complexity index is 444. The summed E-state index contributed by atoms with van der Waals surface area (Å²) in [7, 11) is 0. The van der Waals surface area contributed by atoms with Crippen molar-refractivity contribution < 1.29 is 9.90 Å². The van der Waals surface area contributed by atoms with Crippen molar-refractivity contribution in [3.63, 3.8) is 0 Å². The molecule has 1 atom stereocenters. The number of aromatic nitrogens is 1. The number of pyridine rings is 1. The van der Waals surface area contributed by atoms with Crippen LogP contribution in [0.3, 0.4) is 0 Å². The quantitative estimate of drug-likeness (QED) is 0.780. The first-order valence-corrected chi connectivity index (χ1v) is 7.80. The van der Waals surface area contributed by atoms with Gasteiger partial charge in [-0.25, -0.2) is 4.79 Å². The van der Waals surface area contributed by atoms with Crippen molar-refractivity contribution in [2.24, 2.45) is 0 Å². The summed E-state index contributed by atoms with van der Waals surface area (Å²) in [4.78, 5) is 16.0. The van der Waals surface area contributed by atoms with Crippen LogP contribution in [0.1, 0.15) is 57.1 Å². The van der Waals surface area contributed by atoms with Crippen LogP contribution in [0.15, 0.2) is 24.5 Å². The largest absolute Gasteiger partial charge is 0.388 e. The van der Waals surface area contributed by atoms with Gasteiger partial charge in [-0.2, -0.15) is 0 Å². The van der Waals surface area contributed by atoms with Crippen LogP contribution in [0, 0.1) is 0 Å². The molecule has 1 saturated carbocycles. The van der Waals surface area contributed by atoms with Gasteiger partial charge in [0.1, 0.15) is 0 Å². The summed E-state index contributed by atoms with van der Waals surface area (Å²) in [5, 5.41) is 16.1. The Morgan fingerprint density at radius 2 is 2.00 bits per heavy atom. The zero-order valence-electron chi connectivity index (χ0n) is 12.6. The lowest BCUT2D eigenvalue weighted by molar-refractivity contribution is 0.00712. The molecule has 0 aromatic carbocycles.